The number of carboxylic acids is 1. The molecule has 6 nitrogen and oxygen atoms in total. The molecule has 0 aromatic heterocycles. The molecule has 0 amide bonds. The Morgan fingerprint density at radius 3 is 2.68 bits per heavy atom. The number of rotatable bonds is 9. The van der Waals surface area contributed by atoms with Gasteiger partial charge in [-0.3, -0.25) is 4.79 Å². The number of aliphatic carboxylic acids is 1. The van der Waals surface area contributed by atoms with Crippen LogP contribution in [-0.4, -0.2) is 43.0 Å². The van der Waals surface area contributed by atoms with Crippen molar-refractivity contribution in [1.29, 1.82) is 0 Å². The first-order valence-corrected chi connectivity index (χ1v) is 12.4. The third-order valence-corrected chi connectivity index (χ3v) is 7.24. The quantitative estimate of drug-likeness (QED) is 0.422. The number of hydrogen-bond acceptors (Lipinski definition) is 5. The monoisotopic (exact) mass is 508 g/mol. The summed E-state index contributed by atoms with van der Waals surface area (Å²) in [6.07, 6.45) is 1.81. The van der Waals surface area contributed by atoms with E-state index in [-0.39, 0.29) is 24.2 Å². The van der Waals surface area contributed by atoms with E-state index in [1.54, 1.807) is 36.4 Å². The third-order valence-electron chi connectivity index (χ3n) is 7.24. The van der Waals surface area contributed by atoms with Crippen LogP contribution in [0.5, 0.6) is 5.75 Å². The molecule has 8 heteroatoms. The summed E-state index contributed by atoms with van der Waals surface area (Å²) in [4.78, 5) is 13.5. The number of hydrogen-bond donors (Lipinski definition) is 2. The lowest BCUT2D eigenvalue weighted by molar-refractivity contribution is -0.136. The van der Waals surface area contributed by atoms with E-state index in [1.807, 2.05) is 18.2 Å². The Hall–Kier alpha value is -3.49. The first kappa shape index (κ1) is 25.2. The minimum absolute atomic E-state index is 0.110. The Morgan fingerprint density at radius 1 is 1.16 bits per heavy atom. The fourth-order valence-corrected chi connectivity index (χ4v) is 5.13. The largest absolute Gasteiger partial charge is 0.489 e. The van der Waals surface area contributed by atoms with Crippen molar-refractivity contribution in [2.24, 2.45) is 5.73 Å². The fourth-order valence-electron chi connectivity index (χ4n) is 5.13. The second-order valence-electron chi connectivity index (χ2n) is 9.78. The van der Waals surface area contributed by atoms with Crippen molar-refractivity contribution < 1.29 is 28.2 Å². The Balaban J connectivity index is 1.49. The zero-order valence-corrected chi connectivity index (χ0v) is 20.5. The smallest absolute Gasteiger partial charge is 0.307 e. The molecule has 1 spiro atoms. The molecule has 2 unspecified atom stereocenters. The Labute approximate surface area is 214 Å². The van der Waals surface area contributed by atoms with Gasteiger partial charge in [0.15, 0.2) is 0 Å². The first-order chi connectivity index (χ1) is 17.9. The highest BCUT2D eigenvalue weighted by Crippen LogP contribution is 2.40. The van der Waals surface area contributed by atoms with Crippen molar-refractivity contribution in [3.63, 3.8) is 0 Å². The molecule has 0 aliphatic carbocycles. The summed E-state index contributed by atoms with van der Waals surface area (Å²) in [6, 6.07) is 16.6. The fraction of sp³-hybridized carbons (Fsp3) is 0.345. The van der Waals surface area contributed by atoms with Crippen LogP contribution in [0.15, 0.2) is 60.7 Å². The van der Waals surface area contributed by atoms with Gasteiger partial charge in [0.1, 0.15) is 24.8 Å². The number of carbonyl (C=O) groups is 1. The summed E-state index contributed by atoms with van der Waals surface area (Å²) in [5.41, 5.74) is 9.11. The molecule has 3 aromatic rings. The molecule has 2 aliphatic rings. The van der Waals surface area contributed by atoms with Gasteiger partial charge in [-0.25, -0.2) is 8.78 Å². The minimum Gasteiger partial charge on any atom is -0.489 e. The second-order valence-corrected chi connectivity index (χ2v) is 9.78. The van der Waals surface area contributed by atoms with Crippen molar-refractivity contribution in [2.45, 2.75) is 37.5 Å². The van der Waals surface area contributed by atoms with Crippen LogP contribution >= 0.6 is 0 Å². The average molecular weight is 509 g/mol. The topological polar surface area (TPSA) is 85.0 Å². The number of halogens is 2. The standard InChI is InChI=1S/C29H30F2N2O4/c30-16-25(32)24-6-3-5-23(28(24)31)21-12-19(17-36-26-7-2-1-4-20(26)15-27(34)35)13-22(14-21)33-10-8-29(18-33)9-11-37-29/h1-7,12-14,25H,8-11,15-18,32H2,(H,34,35). The van der Waals surface area contributed by atoms with Gasteiger partial charge in [-0.2, -0.15) is 0 Å². The van der Waals surface area contributed by atoms with Crippen LogP contribution in [0.4, 0.5) is 14.5 Å². The number of ether oxygens (including phenoxy) is 2. The van der Waals surface area contributed by atoms with E-state index < -0.39 is 24.5 Å². The molecule has 0 saturated carbocycles. The molecule has 0 radical (unpaired) electrons. The number of carboxylic acid groups (broad SMARTS) is 1. The lowest BCUT2D eigenvalue weighted by Crippen LogP contribution is -2.45. The van der Waals surface area contributed by atoms with E-state index >= 15 is 4.39 Å². The van der Waals surface area contributed by atoms with Crippen molar-refractivity contribution in [1.82, 2.24) is 0 Å². The maximum absolute atomic E-state index is 15.5. The van der Waals surface area contributed by atoms with Crippen LogP contribution in [0.2, 0.25) is 0 Å². The SMILES string of the molecule is NC(CF)c1cccc(-c2cc(COc3ccccc3CC(=O)O)cc(N3CCC4(CCO4)C3)c2)c1F. The Morgan fingerprint density at radius 2 is 1.97 bits per heavy atom. The van der Waals surface area contributed by atoms with Crippen molar-refractivity contribution in [3.05, 3.63) is 83.2 Å². The molecule has 2 heterocycles. The molecule has 3 N–H and O–H groups in total. The van der Waals surface area contributed by atoms with Gasteiger partial charge >= 0.3 is 5.97 Å². The highest BCUT2D eigenvalue weighted by atomic mass is 19.1. The number of nitrogens with zero attached hydrogens (tertiary/aromatic N) is 1. The number of para-hydroxylation sites is 1. The van der Waals surface area contributed by atoms with E-state index in [0.717, 1.165) is 43.8 Å². The Bertz CT molecular complexity index is 1290. The van der Waals surface area contributed by atoms with E-state index in [2.05, 4.69) is 4.90 Å². The third kappa shape index (κ3) is 5.31. The summed E-state index contributed by atoms with van der Waals surface area (Å²) in [5, 5.41) is 9.23. The first-order valence-electron chi connectivity index (χ1n) is 12.4. The molecule has 5 rings (SSSR count). The van der Waals surface area contributed by atoms with Crippen molar-refractivity contribution in [3.8, 4) is 16.9 Å². The molecule has 37 heavy (non-hydrogen) atoms. The molecule has 2 saturated heterocycles. The molecule has 3 aromatic carbocycles. The number of benzene rings is 3. The van der Waals surface area contributed by atoms with Crippen LogP contribution in [0.3, 0.4) is 0 Å². The average Bonchev–Trinajstić information content (AvgIpc) is 3.34. The zero-order chi connectivity index (χ0) is 26.0. The maximum atomic E-state index is 15.5. The lowest BCUT2D eigenvalue weighted by Gasteiger charge is -2.38. The molecular weight excluding hydrogens is 478 g/mol. The molecular formula is C29H30F2N2O4. The summed E-state index contributed by atoms with van der Waals surface area (Å²) < 4.78 is 40.6. The highest BCUT2D eigenvalue weighted by Gasteiger charge is 2.44. The van der Waals surface area contributed by atoms with Gasteiger partial charge in [-0.05, 0) is 41.8 Å². The molecule has 194 valence electrons. The number of anilines is 1. The van der Waals surface area contributed by atoms with Crippen LogP contribution in [0.1, 0.15) is 35.6 Å². The molecule has 0 bridgehead atoms. The molecule has 2 fully saturated rings. The summed E-state index contributed by atoms with van der Waals surface area (Å²) in [7, 11) is 0. The van der Waals surface area contributed by atoms with E-state index in [4.69, 9.17) is 15.2 Å². The summed E-state index contributed by atoms with van der Waals surface area (Å²) in [6.45, 7) is 1.66. The Kier molecular flexibility index (Phi) is 7.13. The lowest BCUT2D eigenvalue weighted by atomic mass is 9.94. The van der Waals surface area contributed by atoms with Gasteiger partial charge < -0.3 is 25.2 Å². The van der Waals surface area contributed by atoms with Crippen molar-refractivity contribution in [2.75, 3.05) is 31.3 Å². The molecule has 2 atom stereocenters. The van der Waals surface area contributed by atoms with E-state index in [1.165, 1.54) is 6.07 Å². The van der Waals surface area contributed by atoms with Gasteiger partial charge in [-0.1, -0.05) is 36.4 Å². The van der Waals surface area contributed by atoms with Crippen LogP contribution in [-0.2, 0) is 22.6 Å². The summed E-state index contributed by atoms with van der Waals surface area (Å²) >= 11 is 0. The normalized spacial score (nSPS) is 19.6. The van der Waals surface area contributed by atoms with Crippen LogP contribution in [0, 0.1) is 5.82 Å². The zero-order valence-electron chi connectivity index (χ0n) is 20.5. The van der Waals surface area contributed by atoms with E-state index in [0.29, 0.717) is 22.4 Å². The second kappa shape index (κ2) is 10.5. The van der Waals surface area contributed by atoms with Gasteiger partial charge in [0.05, 0.1) is 24.7 Å². The summed E-state index contributed by atoms with van der Waals surface area (Å²) in [5.74, 6) is -0.992. The van der Waals surface area contributed by atoms with Crippen LogP contribution in [0.25, 0.3) is 11.1 Å². The van der Waals surface area contributed by atoms with Gasteiger partial charge in [0.25, 0.3) is 0 Å². The van der Waals surface area contributed by atoms with Gasteiger partial charge in [-0.15, -0.1) is 0 Å². The number of nitrogens with two attached hydrogens (primary N) is 1. The maximum Gasteiger partial charge on any atom is 0.307 e. The minimum atomic E-state index is -1.04. The predicted molar refractivity (Wildman–Crippen MR) is 137 cm³/mol. The van der Waals surface area contributed by atoms with Gasteiger partial charge in [0, 0.05) is 41.9 Å². The number of alkyl halides is 1. The molecule has 2 aliphatic heterocycles. The van der Waals surface area contributed by atoms with Gasteiger partial charge in [0.2, 0.25) is 0 Å². The highest BCUT2D eigenvalue weighted by molar-refractivity contribution is 5.72. The van der Waals surface area contributed by atoms with Crippen LogP contribution < -0.4 is 15.4 Å². The van der Waals surface area contributed by atoms with Crippen molar-refractivity contribution >= 4 is 11.7 Å². The van der Waals surface area contributed by atoms with E-state index in [9.17, 15) is 14.3 Å². The predicted octanol–water partition coefficient (Wildman–Crippen LogP) is 5.04.